The Hall–Kier alpha value is -0.580. The van der Waals surface area contributed by atoms with Crippen LogP contribution >= 0.6 is 15.9 Å². The zero-order valence-corrected chi connectivity index (χ0v) is 12.7. The number of rotatable bonds is 6. The van der Waals surface area contributed by atoms with E-state index in [9.17, 15) is 9.59 Å². The number of amides is 2. The number of hydrogen-bond acceptors (Lipinski definition) is 2. The van der Waals surface area contributed by atoms with E-state index in [4.69, 9.17) is 0 Å². The molecule has 0 aliphatic heterocycles. The summed E-state index contributed by atoms with van der Waals surface area (Å²) < 4.78 is 0. The Kier molecular flexibility index (Phi) is 7.43. The number of carbonyl (C=O) groups excluding carboxylic acids is 2. The van der Waals surface area contributed by atoms with Crippen LogP contribution in [0.5, 0.6) is 0 Å². The van der Waals surface area contributed by atoms with Crippen LogP contribution in [0.1, 0.15) is 47.0 Å². The van der Waals surface area contributed by atoms with E-state index in [0.717, 1.165) is 18.2 Å². The summed E-state index contributed by atoms with van der Waals surface area (Å²) in [4.78, 5) is 23.2. The van der Waals surface area contributed by atoms with Crippen molar-refractivity contribution in [2.24, 2.45) is 0 Å². The van der Waals surface area contributed by atoms with Gasteiger partial charge in [0.15, 0.2) is 0 Å². The summed E-state index contributed by atoms with van der Waals surface area (Å²) in [6.07, 6.45) is 2.28. The Balaban J connectivity index is 3.95. The quantitative estimate of drug-likeness (QED) is 0.582. The van der Waals surface area contributed by atoms with E-state index in [1.165, 1.54) is 0 Å². The van der Waals surface area contributed by atoms with Gasteiger partial charge in [0.05, 0.1) is 0 Å². The van der Waals surface area contributed by atoms with Gasteiger partial charge in [-0.05, 0) is 40.5 Å². The SMILES string of the molecule is CC(NC(=O)CCCCBr)C(=O)NC(C)(C)C. The topological polar surface area (TPSA) is 58.2 Å². The standard InChI is InChI=1S/C12H23BrN2O2/c1-9(11(17)15-12(2,3)4)14-10(16)7-5-6-8-13/h9H,5-8H2,1-4H3,(H,14,16)(H,15,17). The highest BCUT2D eigenvalue weighted by Gasteiger charge is 2.20. The smallest absolute Gasteiger partial charge is 0.242 e. The van der Waals surface area contributed by atoms with Gasteiger partial charge in [0.1, 0.15) is 6.04 Å². The van der Waals surface area contributed by atoms with E-state index in [1.807, 2.05) is 20.8 Å². The molecule has 100 valence electrons. The maximum atomic E-state index is 11.7. The fraction of sp³-hybridized carbons (Fsp3) is 0.833. The van der Waals surface area contributed by atoms with E-state index in [2.05, 4.69) is 26.6 Å². The molecule has 4 nitrogen and oxygen atoms in total. The molecule has 0 heterocycles. The number of nitrogens with one attached hydrogen (secondary N) is 2. The van der Waals surface area contributed by atoms with Crippen LogP contribution in [0.25, 0.3) is 0 Å². The molecule has 0 bridgehead atoms. The third kappa shape index (κ3) is 9.15. The lowest BCUT2D eigenvalue weighted by atomic mass is 10.1. The van der Waals surface area contributed by atoms with Crippen LogP contribution in [-0.4, -0.2) is 28.7 Å². The Bertz CT molecular complexity index is 262. The first-order valence-electron chi connectivity index (χ1n) is 5.93. The molecule has 5 heteroatoms. The van der Waals surface area contributed by atoms with Crippen molar-refractivity contribution in [2.45, 2.75) is 58.5 Å². The lowest BCUT2D eigenvalue weighted by Crippen LogP contribution is -2.50. The molecule has 0 rings (SSSR count). The average Bonchev–Trinajstić information content (AvgIpc) is 2.15. The zero-order valence-electron chi connectivity index (χ0n) is 11.1. The molecular weight excluding hydrogens is 284 g/mol. The lowest BCUT2D eigenvalue weighted by molar-refractivity contribution is -0.129. The zero-order chi connectivity index (χ0) is 13.5. The molecule has 0 aromatic heterocycles. The highest BCUT2D eigenvalue weighted by atomic mass is 79.9. The lowest BCUT2D eigenvalue weighted by Gasteiger charge is -2.23. The molecular formula is C12H23BrN2O2. The number of alkyl halides is 1. The van der Waals surface area contributed by atoms with Gasteiger partial charge in [-0.2, -0.15) is 0 Å². The number of carbonyl (C=O) groups is 2. The Morgan fingerprint density at radius 1 is 1.24 bits per heavy atom. The molecule has 0 fully saturated rings. The van der Waals surface area contributed by atoms with Crippen LogP contribution in [-0.2, 0) is 9.59 Å². The third-order valence-corrected chi connectivity index (χ3v) is 2.62. The van der Waals surface area contributed by atoms with Gasteiger partial charge in [0.25, 0.3) is 0 Å². The largest absolute Gasteiger partial charge is 0.350 e. The molecule has 0 radical (unpaired) electrons. The molecule has 0 aliphatic rings. The van der Waals surface area contributed by atoms with Crippen molar-refractivity contribution in [3.8, 4) is 0 Å². The van der Waals surface area contributed by atoms with E-state index in [0.29, 0.717) is 6.42 Å². The minimum Gasteiger partial charge on any atom is -0.350 e. The second-order valence-electron chi connectivity index (χ2n) is 5.17. The van der Waals surface area contributed by atoms with Crippen molar-refractivity contribution in [1.29, 1.82) is 0 Å². The molecule has 0 aliphatic carbocycles. The summed E-state index contributed by atoms with van der Waals surface area (Å²) in [5.74, 6) is -0.214. The second-order valence-corrected chi connectivity index (χ2v) is 5.97. The predicted molar refractivity (Wildman–Crippen MR) is 73.1 cm³/mol. The van der Waals surface area contributed by atoms with Crippen molar-refractivity contribution in [3.63, 3.8) is 0 Å². The van der Waals surface area contributed by atoms with Gasteiger partial charge in [0.2, 0.25) is 11.8 Å². The van der Waals surface area contributed by atoms with Gasteiger partial charge >= 0.3 is 0 Å². The molecule has 2 amide bonds. The van der Waals surface area contributed by atoms with Crippen LogP contribution in [0.4, 0.5) is 0 Å². The minimum atomic E-state index is -0.481. The first kappa shape index (κ1) is 16.4. The van der Waals surface area contributed by atoms with Gasteiger partial charge < -0.3 is 10.6 Å². The van der Waals surface area contributed by atoms with Crippen LogP contribution in [0.3, 0.4) is 0 Å². The van der Waals surface area contributed by atoms with E-state index >= 15 is 0 Å². The molecule has 0 aromatic rings. The summed E-state index contributed by atoms with van der Waals surface area (Å²) in [6.45, 7) is 7.43. The Labute approximate surface area is 112 Å². The minimum absolute atomic E-state index is 0.0671. The Morgan fingerprint density at radius 3 is 2.29 bits per heavy atom. The maximum absolute atomic E-state index is 11.7. The summed E-state index contributed by atoms with van der Waals surface area (Å²) in [6, 6.07) is -0.481. The molecule has 2 N–H and O–H groups in total. The first-order chi connectivity index (χ1) is 7.76. The monoisotopic (exact) mass is 306 g/mol. The van der Waals surface area contributed by atoms with Gasteiger partial charge in [-0.1, -0.05) is 15.9 Å². The van der Waals surface area contributed by atoms with E-state index in [-0.39, 0.29) is 17.4 Å². The summed E-state index contributed by atoms with van der Waals surface area (Å²) >= 11 is 3.31. The molecule has 1 atom stereocenters. The number of unbranched alkanes of at least 4 members (excludes halogenated alkanes) is 1. The fourth-order valence-electron chi connectivity index (χ4n) is 1.24. The van der Waals surface area contributed by atoms with Crippen LogP contribution < -0.4 is 10.6 Å². The van der Waals surface area contributed by atoms with Crippen molar-refractivity contribution in [3.05, 3.63) is 0 Å². The van der Waals surface area contributed by atoms with Gasteiger partial charge in [0, 0.05) is 17.3 Å². The molecule has 0 aromatic carbocycles. The number of hydrogen-bond donors (Lipinski definition) is 2. The van der Waals surface area contributed by atoms with E-state index < -0.39 is 6.04 Å². The van der Waals surface area contributed by atoms with Gasteiger partial charge in [-0.3, -0.25) is 9.59 Å². The highest BCUT2D eigenvalue weighted by Crippen LogP contribution is 2.01. The summed E-state index contributed by atoms with van der Waals surface area (Å²) in [7, 11) is 0. The number of halogens is 1. The average molecular weight is 307 g/mol. The van der Waals surface area contributed by atoms with Crippen LogP contribution in [0, 0.1) is 0 Å². The Morgan fingerprint density at radius 2 is 1.82 bits per heavy atom. The van der Waals surface area contributed by atoms with Crippen molar-refractivity contribution < 1.29 is 9.59 Å². The second kappa shape index (κ2) is 7.69. The van der Waals surface area contributed by atoms with E-state index in [1.54, 1.807) is 6.92 Å². The fourth-order valence-corrected chi connectivity index (χ4v) is 1.63. The molecule has 17 heavy (non-hydrogen) atoms. The summed E-state index contributed by atoms with van der Waals surface area (Å²) in [5.41, 5.74) is -0.272. The summed E-state index contributed by atoms with van der Waals surface area (Å²) in [5, 5.41) is 6.43. The molecule has 1 unspecified atom stereocenters. The third-order valence-electron chi connectivity index (χ3n) is 2.06. The van der Waals surface area contributed by atoms with Crippen molar-refractivity contribution in [1.82, 2.24) is 10.6 Å². The molecule has 0 saturated carbocycles. The normalized spacial score (nSPS) is 13.0. The predicted octanol–water partition coefficient (Wildman–Crippen LogP) is 1.97. The van der Waals surface area contributed by atoms with Crippen molar-refractivity contribution in [2.75, 3.05) is 5.33 Å². The molecule has 0 saturated heterocycles. The molecule has 0 spiro atoms. The van der Waals surface area contributed by atoms with Gasteiger partial charge in [-0.25, -0.2) is 0 Å². The van der Waals surface area contributed by atoms with Gasteiger partial charge in [-0.15, -0.1) is 0 Å². The maximum Gasteiger partial charge on any atom is 0.242 e. The van der Waals surface area contributed by atoms with Crippen LogP contribution in [0.15, 0.2) is 0 Å². The highest BCUT2D eigenvalue weighted by molar-refractivity contribution is 9.09. The van der Waals surface area contributed by atoms with Crippen molar-refractivity contribution >= 4 is 27.7 Å². The van der Waals surface area contributed by atoms with Crippen LogP contribution in [0.2, 0.25) is 0 Å². The first-order valence-corrected chi connectivity index (χ1v) is 7.06.